The lowest BCUT2D eigenvalue weighted by molar-refractivity contribution is 0.484. The summed E-state index contributed by atoms with van der Waals surface area (Å²) in [6, 6.07) is 12.0. The molecule has 0 atom stereocenters. The average molecular weight is 386 g/mol. The first-order valence-corrected chi connectivity index (χ1v) is 10.4. The minimum Gasteiger partial charge on any atom is -0.443 e. The van der Waals surface area contributed by atoms with Crippen molar-refractivity contribution < 1.29 is 21.3 Å². The summed E-state index contributed by atoms with van der Waals surface area (Å²) in [5, 5.41) is 0.500. The fraction of sp³-hybridized carbons (Fsp3) is 0.0667. The predicted molar refractivity (Wildman–Crippen MR) is 91.6 cm³/mol. The zero-order valence-corrected chi connectivity index (χ0v) is 14.7. The Labute approximate surface area is 144 Å². The van der Waals surface area contributed by atoms with Gasteiger partial charge < -0.3 is 4.42 Å². The first-order chi connectivity index (χ1) is 11.2. The van der Waals surface area contributed by atoms with Crippen LogP contribution in [0.3, 0.4) is 0 Å². The third-order valence-corrected chi connectivity index (χ3v) is 5.86. The van der Waals surface area contributed by atoms with Gasteiger partial charge in [-0.1, -0.05) is 29.8 Å². The number of hydrogen-bond donors (Lipinski definition) is 1. The maximum absolute atomic E-state index is 12.5. The fourth-order valence-electron chi connectivity index (χ4n) is 2.19. The van der Waals surface area contributed by atoms with Gasteiger partial charge in [-0.05, 0) is 24.3 Å². The molecular formula is C15H12ClNO5S2. The zero-order chi connectivity index (χ0) is 17.5. The highest BCUT2D eigenvalue weighted by Crippen LogP contribution is 2.29. The molecule has 1 N–H and O–H groups in total. The first kappa shape index (κ1) is 16.8. The molecule has 1 heterocycles. The summed E-state index contributed by atoms with van der Waals surface area (Å²) in [4.78, 5) is -0.174. The summed E-state index contributed by atoms with van der Waals surface area (Å²) in [5.41, 5.74) is 0.276. The Bertz CT molecular complexity index is 1100. The van der Waals surface area contributed by atoms with Crippen molar-refractivity contribution in [2.45, 2.75) is 9.99 Å². The van der Waals surface area contributed by atoms with E-state index in [0.29, 0.717) is 11.0 Å². The molecule has 3 aromatic rings. The second kappa shape index (κ2) is 5.80. The van der Waals surface area contributed by atoms with E-state index in [1.54, 1.807) is 24.3 Å². The van der Waals surface area contributed by atoms with Crippen LogP contribution < -0.4 is 4.72 Å². The summed E-state index contributed by atoms with van der Waals surface area (Å²) in [7, 11) is -7.76. The van der Waals surface area contributed by atoms with Crippen molar-refractivity contribution in [1.29, 1.82) is 0 Å². The van der Waals surface area contributed by atoms with Gasteiger partial charge in [0.05, 0.1) is 10.6 Å². The molecule has 6 nitrogen and oxygen atoms in total. The number of anilines is 1. The number of nitrogens with one attached hydrogen (secondary N) is 1. The van der Waals surface area contributed by atoms with Crippen LogP contribution in [0.4, 0.5) is 5.69 Å². The van der Waals surface area contributed by atoms with Gasteiger partial charge >= 0.3 is 0 Å². The smallest absolute Gasteiger partial charge is 0.295 e. The quantitative estimate of drug-likeness (QED) is 0.743. The highest BCUT2D eigenvalue weighted by Gasteiger charge is 2.23. The summed E-state index contributed by atoms with van der Waals surface area (Å²) in [5.74, 6) is 0. The van der Waals surface area contributed by atoms with Crippen LogP contribution in [-0.4, -0.2) is 23.1 Å². The Balaban J connectivity index is 2.08. The third kappa shape index (κ3) is 3.26. The Hall–Kier alpha value is -2.03. The van der Waals surface area contributed by atoms with Crippen molar-refractivity contribution in [1.82, 2.24) is 0 Å². The van der Waals surface area contributed by atoms with Gasteiger partial charge in [-0.15, -0.1) is 0 Å². The van der Waals surface area contributed by atoms with Crippen LogP contribution in [0.15, 0.2) is 62.9 Å². The normalized spacial score (nSPS) is 12.4. The molecule has 0 radical (unpaired) electrons. The Morgan fingerprint density at radius 3 is 2.38 bits per heavy atom. The predicted octanol–water partition coefficient (Wildman–Crippen LogP) is 3.29. The second-order valence-corrected chi connectivity index (χ2v) is 9.16. The Kier molecular flexibility index (Phi) is 4.06. The van der Waals surface area contributed by atoms with Crippen LogP contribution in [0.25, 0.3) is 11.0 Å². The standard InChI is InChI=1S/C15H12ClNO5S2/c1-23(18,19)14-7-6-11(16)9-12(14)17-24(20,21)15-8-10-4-2-3-5-13(10)22-15/h2-9,17H,1H3. The molecule has 0 saturated heterocycles. The number of sulfonamides is 1. The molecule has 1 aromatic heterocycles. The van der Waals surface area contributed by atoms with E-state index in [0.717, 1.165) is 6.26 Å². The van der Waals surface area contributed by atoms with E-state index in [1.165, 1.54) is 24.3 Å². The maximum Gasteiger partial charge on any atom is 0.295 e. The van der Waals surface area contributed by atoms with Gasteiger partial charge in [0.1, 0.15) is 5.58 Å². The van der Waals surface area contributed by atoms with Crippen molar-refractivity contribution in [2.75, 3.05) is 11.0 Å². The fourth-order valence-corrected chi connectivity index (χ4v) is 4.29. The lowest BCUT2D eigenvalue weighted by Crippen LogP contribution is -2.14. The van der Waals surface area contributed by atoms with Gasteiger partial charge in [0.2, 0.25) is 5.09 Å². The van der Waals surface area contributed by atoms with Crippen LogP contribution >= 0.6 is 11.6 Å². The van der Waals surface area contributed by atoms with E-state index in [2.05, 4.69) is 4.72 Å². The third-order valence-electron chi connectivity index (χ3n) is 3.25. The van der Waals surface area contributed by atoms with Crippen LogP contribution in [0, 0.1) is 0 Å². The molecule has 0 saturated carbocycles. The average Bonchev–Trinajstić information content (AvgIpc) is 2.90. The number of fused-ring (bicyclic) bond motifs is 1. The largest absolute Gasteiger partial charge is 0.443 e. The van der Waals surface area contributed by atoms with Crippen molar-refractivity contribution >= 4 is 48.1 Å². The number of furan rings is 1. The van der Waals surface area contributed by atoms with Crippen LogP contribution in [-0.2, 0) is 19.9 Å². The molecule has 0 bridgehead atoms. The molecule has 126 valence electrons. The van der Waals surface area contributed by atoms with Gasteiger partial charge in [0.15, 0.2) is 9.84 Å². The van der Waals surface area contributed by atoms with E-state index in [-0.39, 0.29) is 20.7 Å². The van der Waals surface area contributed by atoms with E-state index >= 15 is 0 Å². The number of hydrogen-bond acceptors (Lipinski definition) is 5. The number of benzene rings is 2. The van der Waals surface area contributed by atoms with Gasteiger partial charge in [-0.3, -0.25) is 4.72 Å². The lowest BCUT2D eigenvalue weighted by Gasteiger charge is -2.10. The number of sulfone groups is 1. The van der Waals surface area contributed by atoms with E-state index < -0.39 is 19.9 Å². The topological polar surface area (TPSA) is 93.5 Å². The summed E-state index contributed by atoms with van der Waals surface area (Å²) >= 11 is 5.85. The van der Waals surface area contributed by atoms with Crippen LogP contribution in [0.2, 0.25) is 5.02 Å². The van der Waals surface area contributed by atoms with Gasteiger partial charge in [0, 0.05) is 22.7 Å². The van der Waals surface area contributed by atoms with Crippen molar-refractivity contribution in [3.63, 3.8) is 0 Å². The molecule has 0 unspecified atom stereocenters. The minimum absolute atomic E-state index is 0.134. The number of rotatable bonds is 4. The molecular weight excluding hydrogens is 374 g/mol. The molecule has 0 fully saturated rings. The van der Waals surface area contributed by atoms with Crippen molar-refractivity contribution in [3.8, 4) is 0 Å². The van der Waals surface area contributed by atoms with Gasteiger partial charge in [-0.25, -0.2) is 8.42 Å². The Morgan fingerprint density at radius 2 is 1.71 bits per heavy atom. The SMILES string of the molecule is CS(=O)(=O)c1ccc(Cl)cc1NS(=O)(=O)c1cc2ccccc2o1. The Morgan fingerprint density at radius 1 is 1.00 bits per heavy atom. The number of para-hydroxylation sites is 1. The van der Waals surface area contributed by atoms with E-state index in [9.17, 15) is 16.8 Å². The van der Waals surface area contributed by atoms with Crippen LogP contribution in [0.1, 0.15) is 0 Å². The molecule has 0 aliphatic carbocycles. The lowest BCUT2D eigenvalue weighted by atomic mass is 10.3. The van der Waals surface area contributed by atoms with E-state index in [4.69, 9.17) is 16.0 Å². The second-order valence-electron chi connectivity index (χ2n) is 5.12. The van der Waals surface area contributed by atoms with Gasteiger partial charge in [-0.2, -0.15) is 8.42 Å². The highest BCUT2D eigenvalue weighted by atomic mass is 35.5. The summed E-state index contributed by atoms with van der Waals surface area (Å²) < 4.78 is 56.2. The highest BCUT2D eigenvalue weighted by molar-refractivity contribution is 7.93. The zero-order valence-electron chi connectivity index (χ0n) is 12.4. The maximum atomic E-state index is 12.5. The molecule has 3 rings (SSSR count). The van der Waals surface area contributed by atoms with Crippen LogP contribution in [0.5, 0.6) is 0 Å². The molecule has 0 spiro atoms. The summed E-state index contributed by atoms with van der Waals surface area (Å²) in [6.07, 6.45) is 0.981. The van der Waals surface area contributed by atoms with Crippen molar-refractivity contribution in [2.24, 2.45) is 0 Å². The molecule has 0 amide bonds. The molecule has 0 aliphatic rings. The van der Waals surface area contributed by atoms with Gasteiger partial charge in [0.25, 0.3) is 10.0 Å². The molecule has 0 aliphatic heterocycles. The minimum atomic E-state index is -4.11. The first-order valence-electron chi connectivity index (χ1n) is 6.68. The number of halogens is 1. The molecule has 24 heavy (non-hydrogen) atoms. The van der Waals surface area contributed by atoms with Crippen molar-refractivity contribution in [3.05, 3.63) is 53.6 Å². The molecule has 9 heteroatoms. The molecule has 2 aromatic carbocycles. The summed E-state index contributed by atoms with van der Waals surface area (Å²) in [6.45, 7) is 0. The van der Waals surface area contributed by atoms with E-state index in [1.807, 2.05) is 0 Å². The monoisotopic (exact) mass is 385 g/mol.